The highest BCUT2D eigenvalue weighted by atomic mass is 35.5. The van der Waals surface area contributed by atoms with Crippen LogP contribution < -0.4 is 15.8 Å². The molecule has 0 atom stereocenters. The number of imide groups is 1. The van der Waals surface area contributed by atoms with E-state index in [2.05, 4.69) is 10.1 Å². The molecule has 12 heteroatoms. The molecular weight excluding hydrogens is 453 g/mol. The fourth-order valence-electron chi connectivity index (χ4n) is 2.65. The Labute approximate surface area is 185 Å². The fourth-order valence-corrected chi connectivity index (χ4v) is 3.27. The average Bonchev–Trinajstić information content (AvgIpc) is 3.27. The Kier molecular flexibility index (Phi) is 6.52. The Balaban J connectivity index is 1.77. The Hall–Kier alpha value is -3.50. The number of carbonyl (C=O) groups is 4. The third kappa shape index (κ3) is 4.98. The highest BCUT2D eigenvalue weighted by Gasteiger charge is 2.34. The second-order valence-electron chi connectivity index (χ2n) is 6.21. The van der Waals surface area contributed by atoms with Gasteiger partial charge in [-0.3, -0.25) is 14.5 Å². The van der Waals surface area contributed by atoms with Crippen molar-refractivity contribution in [1.82, 2.24) is 10.2 Å². The summed E-state index contributed by atoms with van der Waals surface area (Å²) in [7, 11) is 1.20. The lowest BCUT2D eigenvalue weighted by molar-refractivity contribution is -0.123. The number of hydrogen-bond donors (Lipinski definition) is 2. The van der Waals surface area contributed by atoms with Crippen LogP contribution in [0.5, 0.6) is 5.75 Å². The Morgan fingerprint density at radius 2 is 1.90 bits per heavy atom. The van der Waals surface area contributed by atoms with Crippen LogP contribution in [0.3, 0.4) is 0 Å². The lowest BCUT2D eigenvalue weighted by Gasteiger charge is -2.10. The fraction of sp³-hybridized carbons (Fsp3) is 0.158. The lowest BCUT2D eigenvalue weighted by Crippen LogP contribution is -2.30. The molecule has 0 saturated carbocycles. The molecule has 3 rings (SSSR count). The maximum Gasteiger partial charge on any atom is 0.373 e. The first-order valence-corrected chi connectivity index (χ1v) is 9.37. The molecule has 2 heterocycles. The minimum atomic E-state index is -0.701. The monoisotopic (exact) mass is 467 g/mol. The molecule has 0 bridgehead atoms. The van der Waals surface area contributed by atoms with Gasteiger partial charge in [-0.2, -0.15) is 0 Å². The number of nitrogens with zero attached hydrogens (tertiary/aromatic N) is 1. The molecule has 1 aliphatic rings. The normalized spacial score (nSPS) is 14.7. The van der Waals surface area contributed by atoms with Gasteiger partial charge in [0.25, 0.3) is 11.8 Å². The van der Waals surface area contributed by atoms with Crippen molar-refractivity contribution in [2.45, 2.75) is 6.54 Å². The molecule has 31 heavy (non-hydrogen) atoms. The number of methoxy groups -OCH3 is 1. The van der Waals surface area contributed by atoms with Crippen LogP contribution in [0.15, 0.2) is 34.4 Å². The minimum Gasteiger partial charge on any atom is -0.481 e. The van der Waals surface area contributed by atoms with Gasteiger partial charge in [-0.05, 0) is 35.9 Å². The number of benzene rings is 1. The van der Waals surface area contributed by atoms with Gasteiger partial charge in [0.15, 0.2) is 12.4 Å². The van der Waals surface area contributed by atoms with Crippen LogP contribution in [-0.4, -0.2) is 42.4 Å². The Morgan fingerprint density at radius 3 is 2.52 bits per heavy atom. The van der Waals surface area contributed by atoms with Crippen molar-refractivity contribution in [2.75, 3.05) is 13.7 Å². The molecule has 0 radical (unpaired) electrons. The van der Waals surface area contributed by atoms with Crippen molar-refractivity contribution < 1.29 is 33.1 Å². The number of nitrogens with one attached hydrogen (secondary N) is 1. The van der Waals surface area contributed by atoms with E-state index in [0.717, 1.165) is 4.90 Å². The van der Waals surface area contributed by atoms with Crippen molar-refractivity contribution in [3.8, 4) is 5.75 Å². The van der Waals surface area contributed by atoms with Gasteiger partial charge in [0.05, 0.1) is 23.7 Å². The Bertz CT molecular complexity index is 1090. The van der Waals surface area contributed by atoms with E-state index in [1.165, 1.54) is 37.5 Å². The van der Waals surface area contributed by atoms with E-state index in [9.17, 15) is 19.2 Å². The zero-order chi connectivity index (χ0) is 22.7. The van der Waals surface area contributed by atoms with Gasteiger partial charge >= 0.3 is 12.0 Å². The maximum atomic E-state index is 12.6. The molecule has 10 nitrogen and oxygen atoms in total. The maximum absolute atomic E-state index is 12.6. The third-order valence-electron chi connectivity index (χ3n) is 4.01. The summed E-state index contributed by atoms with van der Waals surface area (Å²) in [5.41, 5.74) is 5.40. The van der Waals surface area contributed by atoms with Gasteiger partial charge in [0.1, 0.15) is 11.5 Å². The number of hydrogen-bond acceptors (Lipinski definition) is 7. The number of primary amides is 1. The van der Waals surface area contributed by atoms with Gasteiger partial charge in [-0.15, -0.1) is 0 Å². The van der Waals surface area contributed by atoms with Crippen LogP contribution in [0.2, 0.25) is 10.0 Å². The summed E-state index contributed by atoms with van der Waals surface area (Å²) in [4.78, 5) is 48.1. The lowest BCUT2D eigenvalue weighted by atomic mass is 10.1. The first kappa shape index (κ1) is 22.2. The number of rotatable bonds is 7. The molecule has 3 N–H and O–H groups in total. The first-order chi connectivity index (χ1) is 14.7. The molecule has 1 aromatic carbocycles. The summed E-state index contributed by atoms with van der Waals surface area (Å²) in [6.45, 7) is -0.603. The standard InChI is InChI=1S/C19H15Cl2N3O7/c1-29-18(27)14-3-2-10(31-14)7-24-17(26)13(23-19(24)28)6-9-4-11(20)16(12(21)5-9)30-8-15(22)25/h2-6H,7-8H2,1H3,(H2,22,25)(H,23,28)/b13-6-. The molecule has 1 fully saturated rings. The number of carbonyl (C=O) groups excluding carboxylic acids is 4. The molecule has 1 aromatic heterocycles. The van der Waals surface area contributed by atoms with E-state index in [4.69, 9.17) is 38.1 Å². The molecule has 0 unspecified atom stereocenters. The highest BCUT2D eigenvalue weighted by molar-refractivity contribution is 6.37. The molecule has 1 saturated heterocycles. The first-order valence-electron chi connectivity index (χ1n) is 8.61. The van der Waals surface area contributed by atoms with Crippen LogP contribution in [0.25, 0.3) is 6.08 Å². The van der Waals surface area contributed by atoms with Crippen molar-refractivity contribution >= 4 is 53.1 Å². The number of nitrogens with two attached hydrogens (primary N) is 1. The van der Waals surface area contributed by atoms with Crippen molar-refractivity contribution in [3.05, 3.63) is 57.1 Å². The van der Waals surface area contributed by atoms with E-state index < -0.39 is 30.4 Å². The van der Waals surface area contributed by atoms with Gasteiger partial charge < -0.3 is 24.9 Å². The van der Waals surface area contributed by atoms with Crippen molar-refractivity contribution in [2.24, 2.45) is 5.73 Å². The zero-order valence-electron chi connectivity index (χ0n) is 15.9. The smallest absolute Gasteiger partial charge is 0.373 e. The van der Waals surface area contributed by atoms with E-state index in [1.807, 2.05) is 0 Å². The zero-order valence-corrected chi connectivity index (χ0v) is 17.5. The number of esters is 1. The topological polar surface area (TPSA) is 141 Å². The van der Waals surface area contributed by atoms with Gasteiger partial charge in [0.2, 0.25) is 5.76 Å². The number of furan rings is 1. The summed E-state index contributed by atoms with van der Waals surface area (Å²) in [5, 5.41) is 2.61. The quantitative estimate of drug-likeness (QED) is 0.361. The summed E-state index contributed by atoms with van der Waals surface area (Å²) in [6.07, 6.45) is 1.37. The summed E-state index contributed by atoms with van der Waals surface area (Å²) in [5.74, 6) is -1.78. The number of ether oxygens (including phenoxy) is 2. The molecule has 162 valence electrons. The molecule has 1 aliphatic heterocycles. The number of halogens is 2. The van der Waals surface area contributed by atoms with E-state index in [0.29, 0.717) is 5.56 Å². The second-order valence-corrected chi connectivity index (χ2v) is 7.02. The molecular formula is C19H15Cl2N3O7. The largest absolute Gasteiger partial charge is 0.481 e. The van der Waals surface area contributed by atoms with Crippen molar-refractivity contribution in [1.29, 1.82) is 0 Å². The van der Waals surface area contributed by atoms with E-state index in [-0.39, 0.29) is 39.6 Å². The highest BCUT2D eigenvalue weighted by Crippen LogP contribution is 2.35. The summed E-state index contributed by atoms with van der Waals surface area (Å²) >= 11 is 12.2. The predicted molar refractivity (Wildman–Crippen MR) is 108 cm³/mol. The van der Waals surface area contributed by atoms with Gasteiger partial charge in [0, 0.05) is 0 Å². The second kappa shape index (κ2) is 9.11. The van der Waals surface area contributed by atoms with E-state index in [1.54, 1.807) is 0 Å². The molecule has 4 amide bonds. The van der Waals surface area contributed by atoms with Crippen LogP contribution in [-0.2, 0) is 20.9 Å². The van der Waals surface area contributed by atoms with Crippen LogP contribution in [0.1, 0.15) is 21.9 Å². The summed E-state index contributed by atoms with van der Waals surface area (Å²) < 4.78 is 15.0. The van der Waals surface area contributed by atoms with Gasteiger partial charge in [-0.1, -0.05) is 23.2 Å². The van der Waals surface area contributed by atoms with Crippen LogP contribution in [0, 0.1) is 0 Å². The number of urea groups is 1. The average molecular weight is 468 g/mol. The molecule has 2 aromatic rings. The van der Waals surface area contributed by atoms with Gasteiger partial charge in [-0.25, -0.2) is 9.59 Å². The SMILES string of the molecule is COC(=O)c1ccc(CN2C(=O)N/C(=C\c3cc(Cl)c(OCC(N)=O)c(Cl)c3)C2=O)o1. The molecule has 0 spiro atoms. The summed E-state index contributed by atoms with van der Waals surface area (Å²) in [6, 6.07) is 5.04. The predicted octanol–water partition coefficient (Wildman–Crippen LogP) is 2.33. The van der Waals surface area contributed by atoms with Crippen LogP contribution in [0.4, 0.5) is 4.79 Å². The Morgan fingerprint density at radius 1 is 1.23 bits per heavy atom. The van der Waals surface area contributed by atoms with E-state index >= 15 is 0 Å². The van der Waals surface area contributed by atoms with Crippen LogP contribution >= 0.6 is 23.2 Å². The van der Waals surface area contributed by atoms with Crippen molar-refractivity contribution in [3.63, 3.8) is 0 Å². The minimum absolute atomic E-state index is 0.0253. The third-order valence-corrected chi connectivity index (χ3v) is 4.58. The molecule has 0 aliphatic carbocycles. The number of amides is 4.